The average Bonchev–Trinajstić information content (AvgIpc) is 1.86. The van der Waals surface area contributed by atoms with E-state index in [1.165, 1.54) is 0 Å². The lowest BCUT2D eigenvalue weighted by Crippen LogP contribution is -2.36. The zero-order valence-electron chi connectivity index (χ0n) is 7.88. The van der Waals surface area contributed by atoms with E-state index in [0.717, 1.165) is 13.0 Å². The van der Waals surface area contributed by atoms with Crippen molar-refractivity contribution in [1.82, 2.24) is 4.90 Å². The van der Waals surface area contributed by atoms with Gasteiger partial charge in [-0.25, -0.2) is 0 Å². The monoisotopic (exact) mass is 159 g/mol. The molecule has 0 rings (SSSR count). The van der Waals surface area contributed by atoms with Gasteiger partial charge in [0.2, 0.25) is 0 Å². The molecule has 2 atom stereocenters. The number of rotatable bonds is 5. The summed E-state index contributed by atoms with van der Waals surface area (Å²) in [5.74, 6) is 0.536. The van der Waals surface area contributed by atoms with E-state index in [4.69, 9.17) is 11.5 Å². The Morgan fingerprint density at radius 3 is 2.27 bits per heavy atom. The van der Waals surface area contributed by atoms with Gasteiger partial charge in [0.05, 0.1) is 0 Å². The molecule has 0 amide bonds. The van der Waals surface area contributed by atoms with Gasteiger partial charge in [-0.3, -0.25) is 0 Å². The maximum absolute atomic E-state index is 5.87. The van der Waals surface area contributed by atoms with Crippen LogP contribution in [0.15, 0.2) is 0 Å². The molecule has 4 N–H and O–H groups in total. The maximum Gasteiger partial charge on any atom is 0.00887 e. The SMILES string of the molecule is CC(CN(C)C)C(N)CCN. The van der Waals surface area contributed by atoms with Gasteiger partial charge >= 0.3 is 0 Å². The van der Waals surface area contributed by atoms with E-state index in [1.807, 2.05) is 0 Å². The van der Waals surface area contributed by atoms with Crippen LogP contribution in [0.1, 0.15) is 13.3 Å². The summed E-state index contributed by atoms with van der Waals surface area (Å²) in [5, 5.41) is 0. The van der Waals surface area contributed by atoms with Gasteiger partial charge in [-0.1, -0.05) is 6.92 Å². The van der Waals surface area contributed by atoms with Crippen LogP contribution < -0.4 is 11.5 Å². The normalized spacial score (nSPS) is 16.9. The Kier molecular flexibility index (Phi) is 5.46. The van der Waals surface area contributed by atoms with E-state index in [1.54, 1.807) is 0 Å². The van der Waals surface area contributed by atoms with Crippen LogP contribution in [-0.2, 0) is 0 Å². The number of hydrogen-bond donors (Lipinski definition) is 2. The zero-order valence-corrected chi connectivity index (χ0v) is 7.88. The Morgan fingerprint density at radius 1 is 1.36 bits per heavy atom. The topological polar surface area (TPSA) is 55.3 Å². The summed E-state index contributed by atoms with van der Waals surface area (Å²) in [6, 6.07) is 0.252. The Labute approximate surface area is 69.7 Å². The van der Waals surface area contributed by atoms with Crippen LogP contribution in [0.5, 0.6) is 0 Å². The molecule has 0 aromatic rings. The highest BCUT2D eigenvalue weighted by atomic mass is 15.1. The maximum atomic E-state index is 5.87. The van der Waals surface area contributed by atoms with Crippen molar-refractivity contribution in [2.24, 2.45) is 17.4 Å². The Bertz CT molecular complexity index is 93.3. The molecule has 0 aromatic carbocycles. The molecule has 3 nitrogen and oxygen atoms in total. The van der Waals surface area contributed by atoms with E-state index in [9.17, 15) is 0 Å². The second kappa shape index (κ2) is 5.52. The van der Waals surface area contributed by atoms with Gasteiger partial charge < -0.3 is 16.4 Å². The van der Waals surface area contributed by atoms with Crippen LogP contribution in [0.4, 0.5) is 0 Å². The molecule has 0 fully saturated rings. The summed E-state index contributed by atoms with van der Waals surface area (Å²) in [7, 11) is 4.12. The summed E-state index contributed by atoms with van der Waals surface area (Å²) < 4.78 is 0. The second-order valence-electron chi connectivity index (χ2n) is 3.48. The highest BCUT2D eigenvalue weighted by molar-refractivity contribution is 4.70. The number of nitrogens with two attached hydrogens (primary N) is 2. The fourth-order valence-electron chi connectivity index (χ4n) is 1.19. The fourth-order valence-corrected chi connectivity index (χ4v) is 1.19. The third-order valence-corrected chi connectivity index (χ3v) is 1.88. The van der Waals surface area contributed by atoms with Crippen molar-refractivity contribution in [3.63, 3.8) is 0 Å². The molecule has 0 saturated heterocycles. The van der Waals surface area contributed by atoms with Gasteiger partial charge in [-0.15, -0.1) is 0 Å². The van der Waals surface area contributed by atoms with Crippen molar-refractivity contribution in [2.75, 3.05) is 27.2 Å². The Morgan fingerprint density at radius 2 is 1.91 bits per heavy atom. The van der Waals surface area contributed by atoms with Gasteiger partial charge in [-0.05, 0) is 33.0 Å². The molecule has 0 aromatic heterocycles. The highest BCUT2D eigenvalue weighted by Gasteiger charge is 2.11. The van der Waals surface area contributed by atoms with Gasteiger partial charge in [0, 0.05) is 12.6 Å². The lowest BCUT2D eigenvalue weighted by atomic mass is 10.00. The molecule has 3 heteroatoms. The second-order valence-corrected chi connectivity index (χ2v) is 3.48. The molecule has 0 saturated carbocycles. The summed E-state index contributed by atoms with van der Waals surface area (Å²) in [5.41, 5.74) is 11.3. The summed E-state index contributed by atoms with van der Waals surface area (Å²) >= 11 is 0. The molecular weight excluding hydrogens is 138 g/mol. The Balaban J connectivity index is 3.54. The van der Waals surface area contributed by atoms with Crippen LogP contribution in [0.2, 0.25) is 0 Å². The molecule has 0 heterocycles. The summed E-state index contributed by atoms with van der Waals surface area (Å²) in [6.07, 6.45) is 0.926. The van der Waals surface area contributed by atoms with Crippen molar-refractivity contribution in [3.8, 4) is 0 Å². The van der Waals surface area contributed by atoms with Gasteiger partial charge in [-0.2, -0.15) is 0 Å². The predicted molar refractivity (Wildman–Crippen MR) is 49.4 cm³/mol. The molecule has 68 valence electrons. The average molecular weight is 159 g/mol. The highest BCUT2D eigenvalue weighted by Crippen LogP contribution is 2.04. The minimum Gasteiger partial charge on any atom is -0.330 e. The largest absolute Gasteiger partial charge is 0.330 e. The quantitative estimate of drug-likeness (QED) is 0.587. The van der Waals surface area contributed by atoms with E-state index in [0.29, 0.717) is 12.5 Å². The van der Waals surface area contributed by atoms with Gasteiger partial charge in [0.15, 0.2) is 0 Å². The molecule has 0 spiro atoms. The van der Waals surface area contributed by atoms with E-state index in [-0.39, 0.29) is 6.04 Å². The third-order valence-electron chi connectivity index (χ3n) is 1.88. The van der Waals surface area contributed by atoms with Crippen molar-refractivity contribution >= 4 is 0 Å². The summed E-state index contributed by atoms with van der Waals surface area (Å²) in [4.78, 5) is 2.15. The number of nitrogens with zero attached hydrogens (tertiary/aromatic N) is 1. The lowest BCUT2D eigenvalue weighted by molar-refractivity contribution is 0.300. The molecule has 0 radical (unpaired) electrons. The third kappa shape index (κ3) is 5.18. The van der Waals surface area contributed by atoms with Crippen LogP contribution >= 0.6 is 0 Å². The molecule has 0 aliphatic rings. The van der Waals surface area contributed by atoms with E-state index < -0.39 is 0 Å². The van der Waals surface area contributed by atoms with Crippen molar-refractivity contribution < 1.29 is 0 Å². The van der Waals surface area contributed by atoms with Crippen molar-refractivity contribution in [3.05, 3.63) is 0 Å². The first-order valence-electron chi connectivity index (χ1n) is 4.18. The standard InChI is InChI=1S/C8H21N3/c1-7(6-11(2)3)8(10)4-5-9/h7-8H,4-6,9-10H2,1-3H3. The number of hydrogen-bond acceptors (Lipinski definition) is 3. The smallest absolute Gasteiger partial charge is 0.00887 e. The van der Waals surface area contributed by atoms with Crippen molar-refractivity contribution in [1.29, 1.82) is 0 Å². The summed E-state index contributed by atoms with van der Waals surface area (Å²) in [6.45, 7) is 3.90. The molecule has 2 unspecified atom stereocenters. The Hall–Kier alpha value is -0.120. The molecule has 11 heavy (non-hydrogen) atoms. The van der Waals surface area contributed by atoms with E-state index >= 15 is 0 Å². The molecule has 0 aliphatic carbocycles. The first-order valence-corrected chi connectivity index (χ1v) is 4.18. The minimum absolute atomic E-state index is 0.252. The first-order chi connectivity index (χ1) is 5.07. The van der Waals surface area contributed by atoms with Crippen LogP contribution in [0.3, 0.4) is 0 Å². The molecular formula is C8H21N3. The minimum atomic E-state index is 0.252. The van der Waals surface area contributed by atoms with E-state index in [2.05, 4.69) is 25.9 Å². The van der Waals surface area contributed by atoms with Gasteiger partial charge in [0.25, 0.3) is 0 Å². The fraction of sp³-hybridized carbons (Fsp3) is 1.00. The first kappa shape index (κ1) is 10.9. The molecule has 0 aliphatic heterocycles. The predicted octanol–water partition coefficient (Wildman–Crippen LogP) is -0.140. The zero-order chi connectivity index (χ0) is 8.85. The van der Waals surface area contributed by atoms with Crippen LogP contribution in [0, 0.1) is 5.92 Å². The lowest BCUT2D eigenvalue weighted by Gasteiger charge is -2.22. The van der Waals surface area contributed by atoms with Crippen molar-refractivity contribution in [2.45, 2.75) is 19.4 Å². The van der Waals surface area contributed by atoms with Crippen LogP contribution in [0.25, 0.3) is 0 Å². The van der Waals surface area contributed by atoms with Crippen LogP contribution in [-0.4, -0.2) is 38.1 Å². The van der Waals surface area contributed by atoms with Gasteiger partial charge in [0.1, 0.15) is 0 Å². The molecule has 0 bridgehead atoms.